The Bertz CT molecular complexity index is 285. The molecule has 0 unspecified atom stereocenters. The van der Waals surface area contributed by atoms with Crippen LogP contribution in [0, 0.1) is 0 Å². The normalized spacial score (nSPS) is 15.5. The third-order valence-corrected chi connectivity index (χ3v) is 2.01. The molecule has 0 amide bonds. The maximum Gasteiger partial charge on any atom is 0.0391 e. The second kappa shape index (κ2) is 3.74. The maximum absolute atomic E-state index is 6.96. The van der Waals surface area contributed by atoms with Gasteiger partial charge in [0.05, 0.1) is 0 Å². The second-order valence-electron chi connectivity index (χ2n) is 1.94. The molecule has 0 aromatic heterocycles. The van der Waals surface area contributed by atoms with Crippen molar-refractivity contribution in [1.82, 2.24) is 5.32 Å². The van der Waals surface area contributed by atoms with Gasteiger partial charge in [0.15, 0.2) is 0 Å². The van der Waals surface area contributed by atoms with Crippen LogP contribution in [0.2, 0.25) is 0 Å². The van der Waals surface area contributed by atoms with E-state index in [1.54, 1.807) is 0 Å². The lowest BCUT2D eigenvalue weighted by Gasteiger charge is -2.00. The van der Waals surface area contributed by atoms with Crippen LogP contribution in [0.5, 0.6) is 0 Å². The van der Waals surface area contributed by atoms with Crippen molar-refractivity contribution in [1.29, 1.82) is 0 Å². The number of nitrogens with one attached hydrogen (secondary N) is 1. The first kappa shape index (κ1) is 4.52. The van der Waals surface area contributed by atoms with E-state index in [4.69, 9.17) is 4.11 Å². The van der Waals surface area contributed by atoms with E-state index in [9.17, 15) is 0 Å². The molecular weight excluding hydrogens is 190 g/mol. The van der Waals surface area contributed by atoms with E-state index >= 15 is 0 Å². The topological polar surface area (TPSA) is 12.0 Å². The van der Waals surface area contributed by atoms with E-state index in [1.165, 1.54) is 0 Å². The zero-order valence-electron chi connectivity index (χ0n) is 8.39. The molecule has 0 aliphatic heterocycles. The molecule has 54 valence electrons. The number of benzene rings is 1. The lowest BCUT2D eigenvalue weighted by Crippen LogP contribution is -2.05. The molecule has 1 aromatic carbocycles. The summed E-state index contributed by atoms with van der Waals surface area (Å²) in [5, 5.41) is 2.45. The van der Waals surface area contributed by atoms with Crippen LogP contribution in [0.4, 0.5) is 0 Å². The predicted molar refractivity (Wildman–Crippen MR) is 46.9 cm³/mol. The van der Waals surface area contributed by atoms with E-state index in [0.29, 0.717) is 6.54 Å². The maximum atomic E-state index is 6.96. The van der Waals surface area contributed by atoms with Crippen molar-refractivity contribution in [3.63, 3.8) is 0 Å². The third-order valence-electron chi connectivity index (χ3n) is 1.24. The Morgan fingerprint density at radius 2 is 2.40 bits per heavy atom. The first-order valence-corrected chi connectivity index (χ1v) is 3.77. The molecule has 10 heavy (non-hydrogen) atoms. The second-order valence-corrected chi connectivity index (χ2v) is 2.80. The molecule has 1 N–H and O–H groups in total. The van der Waals surface area contributed by atoms with Crippen molar-refractivity contribution < 1.29 is 4.11 Å². The van der Waals surface area contributed by atoms with Crippen LogP contribution < -0.4 is 5.32 Å². The third kappa shape index (κ3) is 1.82. The van der Waals surface area contributed by atoms with Crippen LogP contribution in [-0.4, -0.2) is 6.98 Å². The average molecular weight is 203 g/mol. The van der Waals surface area contributed by atoms with Gasteiger partial charge in [-0.15, -0.1) is 0 Å². The van der Waals surface area contributed by atoms with Crippen molar-refractivity contribution in [2.75, 3.05) is 6.98 Å². The Hall–Kier alpha value is -0.340. The van der Waals surface area contributed by atoms with E-state index < -0.39 is 6.98 Å². The summed E-state index contributed by atoms with van der Waals surface area (Å²) in [6.07, 6.45) is 0. The summed E-state index contributed by atoms with van der Waals surface area (Å²) < 4.78 is 21.8. The quantitative estimate of drug-likeness (QED) is 0.776. The van der Waals surface area contributed by atoms with Gasteiger partial charge in [-0.3, -0.25) is 0 Å². The van der Waals surface area contributed by atoms with Gasteiger partial charge < -0.3 is 5.32 Å². The van der Waals surface area contributed by atoms with Crippen molar-refractivity contribution in [2.45, 2.75) is 6.54 Å². The van der Waals surface area contributed by atoms with Gasteiger partial charge >= 0.3 is 0 Å². The van der Waals surface area contributed by atoms with Gasteiger partial charge in [0.2, 0.25) is 0 Å². The van der Waals surface area contributed by atoms with Crippen molar-refractivity contribution in [3.8, 4) is 0 Å². The van der Waals surface area contributed by atoms with E-state index in [2.05, 4.69) is 21.2 Å². The van der Waals surface area contributed by atoms with Gasteiger partial charge in [0, 0.05) is 15.1 Å². The fourth-order valence-corrected chi connectivity index (χ4v) is 1.16. The van der Waals surface area contributed by atoms with Gasteiger partial charge in [0.1, 0.15) is 0 Å². The highest BCUT2D eigenvalue weighted by Crippen LogP contribution is 2.14. The summed E-state index contributed by atoms with van der Waals surface area (Å²) in [6, 6.07) is 7.53. The van der Waals surface area contributed by atoms with Crippen LogP contribution in [-0.2, 0) is 6.54 Å². The summed E-state index contributed by atoms with van der Waals surface area (Å²) in [7, 11) is 0. The van der Waals surface area contributed by atoms with Gasteiger partial charge in [0.25, 0.3) is 0 Å². The fourth-order valence-electron chi connectivity index (χ4n) is 0.737. The van der Waals surface area contributed by atoms with Crippen LogP contribution in [0.3, 0.4) is 0 Å². The molecule has 1 aromatic rings. The number of rotatable bonds is 2. The molecular formula is C8H10BrN. The van der Waals surface area contributed by atoms with Gasteiger partial charge in [-0.1, -0.05) is 34.1 Å². The number of hydrogen-bond acceptors (Lipinski definition) is 1. The summed E-state index contributed by atoms with van der Waals surface area (Å²) in [5.74, 6) is 0. The molecule has 0 aliphatic rings. The Morgan fingerprint density at radius 1 is 1.60 bits per heavy atom. The van der Waals surface area contributed by atoms with Gasteiger partial charge in [-0.25, -0.2) is 0 Å². The lowest BCUT2D eigenvalue weighted by molar-refractivity contribution is 0.814. The zero-order chi connectivity index (χ0) is 9.90. The van der Waals surface area contributed by atoms with E-state index in [1.807, 2.05) is 24.3 Å². The summed E-state index contributed by atoms with van der Waals surface area (Å²) >= 11 is 3.34. The zero-order valence-corrected chi connectivity index (χ0v) is 6.98. The van der Waals surface area contributed by atoms with Gasteiger partial charge in [-0.2, -0.15) is 0 Å². The summed E-state index contributed by atoms with van der Waals surface area (Å²) in [6.45, 7) is -1.73. The lowest BCUT2D eigenvalue weighted by atomic mass is 10.2. The van der Waals surface area contributed by atoms with E-state index in [0.717, 1.165) is 10.0 Å². The molecule has 0 bridgehead atoms. The molecule has 0 fully saturated rings. The number of halogens is 1. The summed E-state index contributed by atoms with van der Waals surface area (Å²) in [4.78, 5) is 0. The Balaban J connectivity index is 2.60. The van der Waals surface area contributed by atoms with Crippen LogP contribution >= 0.6 is 15.9 Å². The number of hydrogen-bond donors (Lipinski definition) is 1. The molecule has 0 aliphatic carbocycles. The monoisotopic (exact) mass is 202 g/mol. The Morgan fingerprint density at radius 3 is 3.10 bits per heavy atom. The van der Waals surface area contributed by atoms with Crippen LogP contribution in [0.15, 0.2) is 28.7 Å². The SMILES string of the molecule is [2H]C([2H])([2H])NCc1ccccc1Br. The summed E-state index contributed by atoms with van der Waals surface area (Å²) in [5.41, 5.74) is 0.943. The molecule has 1 nitrogen and oxygen atoms in total. The molecule has 0 saturated heterocycles. The predicted octanol–water partition coefficient (Wildman–Crippen LogP) is 2.17. The van der Waals surface area contributed by atoms with Crippen LogP contribution in [0.1, 0.15) is 9.68 Å². The smallest absolute Gasteiger partial charge is 0.0391 e. The molecule has 0 radical (unpaired) electrons. The standard InChI is InChI=1S/C8H10BrN/c1-10-6-7-4-2-3-5-8(7)9/h2-5,10H,6H2,1H3/i1D3. The van der Waals surface area contributed by atoms with Gasteiger partial charge in [-0.05, 0) is 18.6 Å². The van der Waals surface area contributed by atoms with E-state index in [-0.39, 0.29) is 0 Å². The molecule has 2 heteroatoms. The fraction of sp³-hybridized carbons (Fsp3) is 0.250. The Kier molecular flexibility index (Phi) is 1.69. The van der Waals surface area contributed by atoms with Crippen molar-refractivity contribution in [2.24, 2.45) is 0 Å². The molecule has 0 spiro atoms. The van der Waals surface area contributed by atoms with Crippen LogP contribution in [0.25, 0.3) is 0 Å². The highest BCUT2D eigenvalue weighted by molar-refractivity contribution is 9.10. The average Bonchev–Trinajstić information content (AvgIpc) is 2.01. The molecule has 1 rings (SSSR count). The first-order valence-electron chi connectivity index (χ1n) is 4.47. The Labute approximate surface area is 73.8 Å². The van der Waals surface area contributed by atoms with Crippen molar-refractivity contribution >= 4 is 15.9 Å². The minimum Gasteiger partial charge on any atom is -0.316 e. The molecule has 0 saturated carbocycles. The minimum absolute atomic E-state index is 0.345. The molecule has 0 heterocycles. The highest BCUT2D eigenvalue weighted by atomic mass is 79.9. The molecule has 0 atom stereocenters. The minimum atomic E-state index is -2.07. The first-order chi connectivity index (χ1) is 5.99. The van der Waals surface area contributed by atoms with Crippen molar-refractivity contribution in [3.05, 3.63) is 34.3 Å². The largest absolute Gasteiger partial charge is 0.316 e. The highest BCUT2D eigenvalue weighted by Gasteiger charge is 1.93.